The molecule has 2 atom stereocenters. The first kappa shape index (κ1) is 15.8. The van der Waals surface area contributed by atoms with Gasteiger partial charge in [0.25, 0.3) is 5.91 Å². The maximum absolute atomic E-state index is 12.9. The number of aryl methyl sites for hydroxylation is 2. The first-order chi connectivity index (χ1) is 12.0. The van der Waals surface area contributed by atoms with Crippen molar-refractivity contribution in [2.24, 2.45) is 5.92 Å². The van der Waals surface area contributed by atoms with Gasteiger partial charge in [-0.2, -0.15) is 10.2 Å². The Morgan fingerprint density at radius 2 is 2.20 bits per heavy atom. The Balaban J connectivity index is 1.52. The number of nitrogens with one attached hydrogen (secondary N) is 1. The van der Waals surface area contributed by atoms with Crippen LogP contribution in [-0.4, -0.2) is 59.9 Å². The maximum atomic E-state index is 12.9. The molecule has 3 aromatic heterocycles. The van der Waals surface area contributed by atoms with Gasteiger partial charge in [-0.1, -0.05) is 0 Å². The molecule has 1 amide bonds. The van der Waals surface area contributed by atoms with Crippen LogP contribution in [0.25, 0.3) is 5.65 Å². The number of aromatic amines is 1. The molecule has 0 radical (unpaired) electrons. The highest BCUT2D eigenvalue weighted by Crippen LogP contribution is 2.23. The quantitative estimate of drug-likeness (QED) is 0.733. The lowest BCUT2D eigenvalue weighted by atomic mass is 10.0. The lowest BCUT2D eigenvalue weighted by Gasteiger charge is -2.15. The number of carbonyl (C=O) groups excluding carboxylic acids is 1. The molecule has 0 spiro atoms. The number of carbonyl (C=O) groups is 1. The summed E-state index contributed by atoms with van der Waals surface area (Å²) >= 11 is 0. The second-order valence-electron chi connectivity index (χ2n) is 6.74. The van der Waals surface area contributed by atoms with Crippen LogP contribution in [0.15, 0.2) is 24.7 Å². The number of likely N-dealkylation sites (tertiary alicyclic amines) is 1. The van der Waals surface area contributed by atoms with Gasteiger partial charge in [0.1, 0.15) is 5.56 Å². The molecule has 2 N–H and O–H groups in total. The molecule has 1 aliphatic heterocycles. The van der Waals surface area contributed by atoms with Gasteiger partial charge in [0, 0.05) is 37.1 Å². The van der Waals surface area contributed by atoms with Gasteiger partial charge in [-0.15, -0.1) is 0 Å². The van der Waals surface area contributed by atoms with Gasteiger partial charge < -0.3 is 10.0 Å². The van der Waals surface area contributed by atoms with E-state index in [9.17, 15) is 9.90 Å². The predicted octanol–water partition coefficient (Wildman–Crippen LogP) is 0.745. The Labute approximate surface area is 144 Å². The first-order valence-corrected chi connectivity index (χ1v) is 8.29. The fraction of sp³-hybridized carbons (Fsp3) is 0.412. The maximum Gasteiger partial charge on any atom is 0.259 e. The zero-order valence-corrected chi connectivity index (χ0v) is 14.2. The molecule has 4 heterocycles. The topological polar surface area (TPSA) is 99.4 Å². The molecule has 8 nitrogen and oxygen atoms in total. The zero-order chi connectivity index (χ0) is 17.6. The number of rotatable bonds is 3. The number of fused-ring (bicyclic) bond motifs is 1. The van der Waals surface area contributed by atoms with Crippen molar-refractivity contribution in [2.45, 2.75) is 26.4 Å². The lowest BCUT2D eigenvalue weighted by Crippen LogP contribution is -2.29. The van der Waals surface area contributed by atoms with Gasteiger partial charge in [0.05, 0.1) is 18.0 Å². The van der Waals surface area contributed by atoms with Crippen molar-refractivity contribution in [1.29, 1.82) is 0 Å². The fourth-order valence-corrected chi connectivity index (χ4v) is 3.36. The summed E-state index contributed by atoms with van der Waals surface area (Å²) in [6, 6.07) is 1.97. The highest BCUT2D eigenvalue weighted by atomic mass is 16.3. The van der Waals surface area contributed by atoms with E-state index in [0.29, 0.717) is 30.7 Å². The van der Waals surface area contributed by atoms with Gasteiger partial charge in [-0.05, 0) is 31.9 Å². The largest absolute Gasteiger partial charge is 0.391 e. The molecule has 8 heteroatoms. The highest BCUT2D eigenvalue weighted by Gasteiger charge is 2.35. The average molecular weight is 340 g/mol. The SMILES string of the molecule is Cc1cnc2c(C(=O)N3C[C@@H](Cc4cc(C)[nH]n4)[C@@H](O)C3)cnn2c1. The molecule has 4 rings (SSSR count). The van der Waals surface area contributed by atoms with Crippen LogP contribution >= 0.6 is 0 Å². The number of aliphatic hydroxyl groups is 1. The molecule has 0 aliphatic carbocycles. The molecule has 1 saturated heterocycles. The van der Waals surface area contributed by atoms with E-state index >= 15 is 0 Å². The van der Waals surface area contributed by atoms with E-state index < -0.39 is 6.10 Å². The Morgan fingerprint density at radius 1 is 1.36 bits per heavy atom. The Bertz CT molecular complexity index is 930. The molecule has 0 unspecified atom stereocenters. The Kier molecular flexibility index (Phi) is 3.76. The molecular formula is C17H20N6O2. The van der Waals surface area contributed by atoms with Crippen molar-refractivity contribution in [3.63, 3.8) is 0 Å². The molecule has 3 aromatic rings. The van der Waals surface area contributed by atoms with Crippen molar-refractivity contribution in [3.05, 3.63) is 47.2 Å². The van der Waals surface area contributed by atoms with E-state index in [2.05, 4.69) is 20.3 Å². The average Bonchev–Trinajstić information content (AvgIpc) is 3.26. The molecule has 1 fully saturated rings. The smallest absolute Gasteiger partial charge is 0.259 e. The minimum absolute atomic E-state index is 0.0244. The van der Waals surface area contributed by atoms with E-state index in [1.54, 1.807) is 21.8 Å². The van der Waals surface area contributed by atoms with Gasteiger partial charge in [-0.25, -0.2) is 9.50 Å². The van der Waals surface area contributed by atoms with Crippen LogP contribution < -0.4 is 0 Å². The summed E-state index contributed by atoms with van der Waals surface area (Å²) in [4.78, 5) is 18.8. The van der Waals surface area contributed by atoms with E-state index in [1.165, 1.54) is 0 Å². The predicted molar refractivity (Wildman–Crippen MR) is 90.2 cm³/mol. The summed E-state index contributed by atoms with van der Waals surface area (Å²) in [5.74, 6) is -0.171. The number of aliphatic hydroxyl groups excluding tert-OH is 1. The van der Waals surface area contributed by atoms with Crippen LogP contribution in [0.5, 0.6) is 0 Å². The lowest BCUT2D eigenvalue weighted by molar-refractivity contribution is 0.0766. The number of aromatic nitrogens is 5. The Morgan fingerprint density at radius 3 is 2.96 bits per heavy atom. The van der Waals surface area contributed by atoms with Crippen LogP contribution in [0.3, 0.4) is 0 Å². The number of amides is 1. The second kappa shape index (κ2) is 5.96. The number of H-pyrrole nitrogens is 1. The van der Waals surface area contributed by atoms with Gasteiger partial charge >= 0.3 is 0 Å². The minimum atomic E-state index is -0.557. The number of β-amino-alcohol motifs (C(OH)–C–C–N with tert-alkyl or cyclic N) is 1. The number of hydrogen-bond donors (Lipinski definition) is 2. The third-order valence-corrected chi connectivity index (χ3v) is 4.64. The third kappa shape index (κ3) is 2.89. The minimum Gasteiger partial charge on any atom is -0.391 e. The third-order valence-electron chi connectivity index (χ3n) is 4.64. The molecule has 0 saturated carbocycles. The van der Waals surface area contributed by atoms with Crippen LogP contribution in [0, 0.1) is 19.8 Å². The molecule has 0 bridgehead atoms. The van der Waals surface area contributed by atoms with Gasteiger partial charge in [0.15, 0.2) is 5.65 Å². The highest BCUT2D eigenvalue weighted by molar-refractivity contribution is 5.99. The van der Waals surface area contributed by atoms with Crippen LogP contribution in [0.2, 0.25) is 0 Å². The van der Waals surface area contributed by atoms with Crippen LogP contribution in [-0.2, 0) is 6.42 Å². The van der Waals surface area contributed by atoms with Gasteiger partial charge in [0.2, 0.25) is 0 Å². The van der Waals surface area contributed by atoms with E-state index in [-0.39, 0.29) is 11.8 Å². The van der Waals surface area contributed by atoms with Crippen molar-refractivity contribution in [2.75, 3.05) is 13.1 Å². The zero-order valence-electron chi connectivity index (χ0n) is 14.2. The monoisotopic (exact) mass is 340 g/mol. The standard InChI is InChI=1S/C17H20N6O2/c1-10-5-18-16-14(6-19-23(16)7-10)17(25)22-8-12(15(24)9-22)4-13-3-11(2)20-21-13/h3,5-7,12,15,24H,4,8-9H2,1-2H3,(H,20,21)/t12-,15+/m1/s1. The van der Waals surface area contributed by atoms with Crippen LogP contribution in [0.1, 0.15) is 27.3 Å². The first-order valence-electron chi connectivity index (χ1n) is 8.29. The summed E-state index contributed by atoms with van der Waals surface area (Å²) in [5.41, 5.74) is 3.87. The van der Waals surface area contributed by atoms with E-state index in [0.717, 1.165) is 17.0 Å². The molecule has 25 heavy (non-hydrogen) atoms. The van der Waals surface area contributed by atoms with E-state index in [1.807, 2.05) is 26.1 Å². The van der Waals surface area contributed by atoms with Crippen molar-refractivity contribution in [1.82, 2.24) is 29.7 Å². The van der Waals surface area contributed by atoms with Crippen molar-refractivity contribution in [3.8, 4) is 0 Å². The van der Waals surface area contributed by atoms with Crippen molar-refractivity contribution >= 4 is 11.6 Å². The summed E-state index contributed by atoms with van der Waals surface area (Å²) in [6.07, 6.45) is 5.18. The fourth-order valence-electron chi connectivity index (χ4n) is 3.36. The van der Waals surface area contributed by atoms with Crippen LogP contribution in [0.4, 0.5) is 0 Å². The molecule has 0 aromatic carbocycles. The molecule has 130 valence electrons. The van der Waals surface area contributed by atoms with E-state index in [4.69, 9.17) is 0 Å². The molecule has 1 aliphatic rings. The van der Waals surface area contributed by atoms with Gasteiger partial charge in [-0.3, -0.25) is 9.89 Å². The molecular weight excluding hydrogens is 320 g/mol. The number of nitrogens with zero attached hydrogens (tertiary/aromatic N) is 5. The summed E-state index contributed by atoms with van der Waals surface area (Å²) in [7, 11) is 0. The summed E-state index contributed by atoms with van der Waals surface area (Å²) in [6.45, 7) is 4.68. The normalized spacial score (nSPS) is 20.5. The summed E-state index contributed by atoms with van der Waals surface area (Å²) < 4.78 is 1.61. The number of hydrogen-bond acceptors (Lipinski definition) is 5. The Hall–Kier alpha value is -2.74. The van der Waals surface area contributed by atoms with Crippen molar-refractivity contribution < 1.29 is 9.90 Å². The summed E-state index contributed by atoms with van der Waals surface area (Å²) in [5, 5.41) is 21.7. The second-order valence-corrected chi connectivity index (χ2v) is 6.74.